The third kappa shape index (κ3) is 3.61. The highest BCUT2D eigenvalue weighted by atomic mass is 16.2. The van der Waals surface area contributed by atoms with E-state index in [2.05, 4.69) is 18.8 Å². The summed E-state index contributed by atoms with van der Waals surface area (Å²) in [6.07, 6.45) is 3.51. The van der Waals surface area contributed by atoms with Gasteiger partial charge in [-0.2, -0.15) is 0 Å². The van der Waals surface area contributed by atoms with E-state index in [1.165, 1.54) is 6.42 Å². The molecule has 1 aliphatic rings. The Hall–Kier alpha value is -1.79. The van der Waals surface area contributed by atoms with E-state index in [0.29, 0.717) is 12.5 Å². The molecule has 2 N–H and O–H groups in total. The molecule has 3 heteroatoms. The quantitative estimate of drug-likeness (QED) is 0.838. The molecule has 2 rings (SSSR count). The fraction of sp³-hybridized carbons (Fsp3) is 0.471. The molecule has 3 nitrogen and oxygen atoms in total. The average molecular weight is 270 g/mol. The van der Waals surface area contributed by atoms with E-state index in [0.717, 1.165) is 37.1 Å². The molecule has 1 aromatic rings. The molecule has 1 aromatic carbocycles. The summed E-state index contributed by atoms with van der Waals surface area (Å²) in [6, 6.07) is 7.49. The molecular formula is C17H22N2O. The maximum atomic E-state index is 12.5. The Morgan fingerprint density at radius 2 is 2.15 bits per heavy atom. The Bertz CT molecular complexity index is 510. The number of amides is 1. The van der Waals surface area contributed by atoms with Gasteiger partial charge in [-0.25, -0.2) is 0 Å². The van der Waals surface area contributed by atoms with Crippen LogP contribution in [-0.2, 0) is 0 Å². The number of rotatable bonds is 2. The lowest BCUT2D eigenvalue weighted by atomic mass is 9.95. The van der Waals surface area contributed by atoms with Gasteiger partial charge < -0.3 is 10.6 Å². The molecule has 106 valence electrons. The molecular weight excluding hydrogens is 248 g/mol. The van der Waals surface area contributed by atoms with Gasteiger partial charge in [-0.3, -0.25) is 4.79 Å². The zero-order chi connectivity index (χ0) is 14.4. The van der Waals surface area contributed by atoms with E-state index in [9.17, 15) is 4.79 Å². The van der Waals surface area contributed by atoms with E-state index in [1.54, 1.807) is 0 Å². The standard InChI is InChI=1S/C17H22N2O/c1-2-14-6-4-12-19(13-14)17(20)16-9-7-15(8-10-16)5-3-11-18/h7-10,14H,2,4,6,11-13,18H2,1H3. The first-order chi connectivity index (χ1) is 9.74. The number of hydrogen-bond acceptors (Lipinski definition) is 2. The summed E-state index contributed by atoms with van der Waals surface area (Å²) in [4.78, 5) is 14.4. The summed E-state index contributed by atoms with van der Waals surface area (Å²) in [7, 11) is 0. The predicted molar refractivity (Wildman–Crippen MR) is 81.3 cm³/mol. The Labute approximate surface area is 121 Å². The van der Waals surface area contributed by atoms with Crippen LogP contribution in [0.2, 0.25) is 0 Å². The maximum absolute atomic E-state index is 12.5. The van der Waals surface area contributed by atoms with Gasteiger partial charge in [0.1, 0.15) is 0 Å². The number of piperidine rings is 1. The number of hydrogen-bond donors (Lipinski definition) is 1. The van der Waals surface area contributed by atoms with Gasteiger partial charge in [0.25, 0.3) is 5.91 Å². The van der Waals surface area contributed by atoms with Crippen LogP contribution >= 0.6 is 0 Å². The van der Waals surface area contributed by atoms with E-state index in [-0.39, 0.29) is 5.91 Å². The molecule has 0 saturated carbocycles. The lowest BCUT2D eigenvalue weighted by Crippen LogP contribution is -2.39. The Morgan fingerprint density at radius 1 is 1.40 bits per heavy atom. The monoisotopic (exact) mass is 270 g/mol. The molecule has 0 spiro atoms. The van der Waals surface area contributed by atoms with Gasteiger partial charge in [0.2, 0.25) is 0 Å². The summed E-state index contributed by atoms with van der Waals surface area (Å²) in [5.41, 5.74) is 6.99. The van der Waals surface area contributed by atoms with Gasteiger partial charge in [-0.05, 0) is 43.0 Å². The van der Waals surface area contributed by atoms with Gasteiger partial charge in [0.15, 0.2) is 0 Å². The normalized spacial score (nSPS) is 18.3. The number of nitrogens with zero attached hydrogens (tertiary/aromatic N) is 1. The Kier molecular flexibility index (Phi) is 5.20. The molecule has 1 amide bonds. The second-order valence-corrected chi connectivity index (χ2v) is 5.25. The molecule has 1 unspecified atom stereocenters. The van der Waals surface area contributed by atoms with E-state index in [1.807, 2.05) is 29.2 Å². The Morgan fingerprint density at radius 3 is 2.80 bits per heavy atom. The van der Waals surface area contributed by atoms with Crippen LogP contribution in [0.5, 0.6) is 0 Å². The van der Waals surface area contributed by atoms with Crippen molar-refractivity contribution in [2.75, 3.05) is 19.6 Å². The zero-order valence-corrected chi connectivity index (χ0v) is 12.1. The minimum absolute atomic E-state index is 0.140. The number of benzene rings is 1. The lowest BCUT2D eigenvalue weighted by molar-refractivity contribution is 0.0671. The second kappa shape index (κ2) is 7.12. The largest absolute Gasteiger partial charge is 0.338 e. The van der Waals surface area contributed by atoms with Crippen molar-refractivity contribution in [2.45, 2.75) is 26.2 Å². The van der Waals surface area contributed by atoms with Crippen LogP contribution in [0.1, 0.15) is 42.1 Å². The van der Waals surface area contributed by atoms with Crippen LogP contribution in [0, 0.1) is 17.8 Å². The van der Waals surface area contributed by atoms with Crippen molar-refractivity contribution in [3.63, 3.8) is 0 Å². The van der Waals surface area contributed by atoms with E-state index >= 15 is 0 Å². The highest BCUT2D eigenvalue weighted by Crippen LogP contribution is 2.20. The molecule has 1 fully saturated rings. The van der Waals surface area contributed by atoms with Crippen molar-refractivity contribution in [3.05, 3.63) is 35.4 Å². The van der Waals surface area contributed by atoms with Crippen molar-refractivity contribution in [1.82, 2.24) is 4.90 Å². The first-order valence-electron chi connectivity index (χ1n) is 7.33. The first kappa shape index (κ1) is 14.6. The van der Waals surface area contributed by atoms with Gasteiger partial charge >= 0.3 is 0 Å². The second-order valence-electron chi connectivity index (χ2n) is 5.25. The van der Waals surface area contributed by atoms with Crippen molar-refractivity contribution in [2.24, 2.45) is 11.7 Å². The highest BCUT2D eigenvalue weighted by Gasteiger charge is 2.23. The molecule has 20 heavy (non-hydrogen) atoms. The number of carbonyl (C=O) groups is 1. The van der Waals surface area contributed by atoms with Crippen molar-refractivity contribution >= 4 is 5.91 Å². The first-order valence-corrected chi connectivity index (χ1v) is 7.33. The molecule has 1 aliphatic heterocycles. The summed E-state index contributed by atoms with van der Waals surface area (Å²) in [5, 5.41) is 0. The fourth-order valence-electron chi connectivity index (χ4n) is 2.61. The fourth-order valence-corrected chi connectivity index (χ4v) is 2.61. The van der Waals surface area contributed by atoms with E-state index < -0.39 is 0 Å². The lowest BCUT2D eigenvalue weighted by Gasteiger charge is -2.32. The minimum atomic E-state index is 0.140. The molecule has 1 saturated heterocycles. The predicted octanol–water partition coefficient (Wildman–Crippen LogP) is 2.26. The van der Waals surface area contributed by atoms with Gasteiger partial charge in [0, 0.05) is 24.2 Å². The Balaban J connectivity index is 2.05. The summed E-state index contributed by atoms with van der Waals surface area (Å²) in [5.74, 6) is 6.57. The van der Waals surface area contributed by atoms with Crippen LogP contribution in [-0.4, -0.2) is 30.4 Å². The summed E-state index contributed by atoms with van der Waals surface area (Å²) >= 11 is 0. The van der Waals surface area contributed by atoms with Crippen molar-refractivity contribution < 1.29 is 4.79 Å². The van der Waals surface area contributed by atoms with Crippen LogP contribution in [0.3, 0.4) is 0 Å². The van der Waals surface area contributed by atoms with Crippen molar-refractivity contribution in [3.8, 4) is 11.8 Å². The van der Waals surface area contributed by atoms with Crippen LogP contribution in [0.25, 0.3) is 0 Å². The summed E-state index contributed by atoms with van der Waals surface area (Å²) in [6.45, 7) is 4.32. The minimum Gasteiger partial charge on any atom is -0.338 e. The average Bonchev–Trinajstić information content (AvgIpc) is 2.52. The molecule has 0 aliphatic carbocycles. The van der Waals surface area contributed by atoms with Gasteiger partial charge in [0.05, 0.1) is 6.54 Å². The number of nitrogens with two attached hydrogens (primary N) is 1. The van der Waals surface area contributed by atoms with Gasteiger partial charge in [-0.1, -0.05) is 25.2 Å². The smallest absolute Gasteiger partial charge is 0.253 e. The third-order valence-electron chi connectivity index (χ3n) is 3.85. The molecule has 1 atom stereocenters. The summed E-state index contributed by atoms with van der Waals surface area (Å²) < 4.78 is 0. The van der Waals surface area contributed by atoms with Gasteiger partial charge in [-0.15, -0.1) is 0 Å². The van der Waals surface area contributed by atoms with E-state index in [4.69, 9.17) is 5.73 Å². The van der Waals surface area contributed by atoms with Crippen LogP contribution in [0.4, 0.5) is 0 Å². The topological polar surface area (TPSA) is 46.3 Å². The maximum Gasteiger partial charge on any atom is 0.253 e. The number of likely N-dealkylation sites (tertiary alicyclic amines) is 1. The third-order valence-corrected chi connectivity index (χ3v) is 3.85. The van der Waals surface area contributed by atoms with Crippen molar-refractivity contribution in [1.29, 1.82) is 0 Å². The SMILES string of the molecule is CCC1CCCN(C(=O)c2ccc(C#CCN)cc2)C1. The highest BCUT2D eigenvalue weighted by molar-refractivity contribution is 5.94. The number of carbonyl (C=O) groups excluding carboxylic acids is 1. The molecule has 0 bridgehead atoms. The molecule has 0 radical (unpaired) electrons. The molecule has 0 aromatic heterocycles. The van der Waals surface area contributed by atoms with Crippen LogP contribution in [0.15, 0.2) is 24.3 Å². The zero-order valence-electron chi connectivity index (χ0n) is 12.1. The molecule has 1 heterocycles. The van der Waals surface area contributed by atoms with Crippen LogP contribution < -0.4 is 5.73 Å².